The van der Waals surface area contributed by atoms with Gasteiger partial charge in [0, 0.05) is 29.7 Å². The van der Waals surface area contributed by atoms with Gasteiger partial charge in [-0.05, 0) is 43.9 Å². The van der Waals surface area contributed by atoms with Crippen molar-refractivity contribution < 1.29 is 4.74 Å². The highest BCUT2D eigenvalue weighted by molar-refractivity contribution is 6.30. The van der Waals surface area contributed by atoms with Crippen LogP contribution in [-0.2, 0) is 10.2 Å². The highest BCUT2D eigenvalue weighted by Crippen LogP contribution is 2.39. The summed E-state index contributed by atoms with van der Waals surface area (Å²) in [5.74, 6) is 0. The molecule has 94 valence electrons. The van der Waals surface area contributed by atoms with Crippen LogP contribution in [0.25, 0.3) is 0 Å². The lowest BCUT2D eigenvalue weighted by molar-refractivity contribution is 0.0449. The molecule has 1 aromatic carbocycles. The molecule has 1 unspecified atom stereocenters. The second-order valence-corrected chi connectivity index (χ2v) is 5.52. The largest absolute Gasteiger partial charge is 0.381 e. The molecule has 0 radical (unpaired) electrons. The molecular formula is C14H20ClNO. The third-order valence-electron chi connectivity index (χ3n) is 3.60. The van der Waals surface area contributed by atoms with Gasteiger partial charge in [-0.2, -0.15) is 0 Å². The zero-order valence-corrected chi connectivity index (χ0v) is 11.0. The Kier molecular flexibility index (Phi) is 4.08. The lowest BCUT2D eigenvalue weighted by Crippen LogP contribution is -2.38. The van der Waals surface area contributed by atoms with Crippen molar-refractivity contribution in [2.24, 2.45) is 5.73 Å². The molecule has 0 saturated carbocycles. The third-order valence-corrected chi connectivity index (χ3v) is 3.83. The van der Waals surface area contributed by atoms with Crippen LogP contribution in [-0.4, -0.2) is 19.3 Å². The van der Waals surface area contributed by atoms with Crippen LogP contribution in [0.15, 0.2) is 24.3 Å². The van der Waals surface area contributed by atoms with Gasteiger partial charge in [0.05, 0.1) is 0 Å². The van der Waals surface area contributed by atoms with Crippen molar-refractivity contribution in [2.75, 3.05) is 13.2 Å². The summed E-state index contributed by atoms with van der Waals surface area (Å²) < 4.78 is 5.48. The first-order valence-corrected chi connectivity index (χ1v) is 6.60. The summed E-state index contributed by atoms with van der Waals surface area (Å²) in [7, 11) is 0. The molecular weight excluding hydrogens is 234 g/mol. The molecule has 1 heterocycles. The van der Waals surface area contributed by atoms with Crippen LogP contribution in [0.2, 0.25) is 5.02 Å². The molecule has 1 saturated heterocycles. The Morgan fingerprint density at radius 2 is 2.12 bits per heavy atom. The Hall–Kier alpha value is -0.570. The van der Waals surface area contributed by atoms with E-state index in [0.717, 1.165) is 37.5 Å². The summed E-state index contributed by atoms with van der Waals surface area (Å²) in [6.07, 6.45) is 3.07. The standard InChI is InChI=1S/C14H20ClNO/c1-11(16)10-14(5-7-17-8-6-14)12-3-2-4-13(15)9-12/h2-4,9,11H,5-8,10,16H2,1H3. The maximum absolute atomic E-state index is 6.10. The molecule has 1 aromatic rings. The minimum absolute atomic E-state index is 0.150. The Morgan fingerprint density at radius 3 is 2.71 bits per heavy atom. The Morgan fingerprint density at radius 1 is 1.41 bits per heavy atom. The Labute approximate surface area is 108 Å². The van der Waals surface area contributed by atoms with E-state index in [4.69, 9.17) is 22.1 Å². The molecule has 1 atom stereocenters. The molecule has 0 aliphatic carbocycles. The third kappa shape index (κ3) is 3.01. The molecule has 0 amide bonds. The van der Waals surface area contributed by atoms with Gasteiger partial charge >= 0.3 is 0 Å². The summed E-state index contributed by atoms with van der Waals surface area (Å²) in [6.45, 7) is 3.71. The lowest BCUT2D eigenvalue weighted by Gasteiger charge is -2.39. The molecule has 1 fully saturated rings. The normalized spacial score (nSPS) is 21.1. The minimum atomic E-state index is 0.150. The second-order valence-electron chi connectivity index (χ2n) is 5.08. The van der Waals surface area contributed by atoms with Crippen molar-refractivity contribution in [3.8, 4) is 0 Å². The van der Waals surface area contributed by atoms with Crippen molar-refractivity contribution in [3.63, 3.8) is 0 Å². The molecule has 1 aliphatic heterocycles. The zero-order chi connectivity index (χ0) is 12.3. The highest BCUT2D eigenvalue weighted by atomic mass is 35.5. The fourth-order valence-corrected chi connectivity index (χ4v) is 3.00. The van der Waals surface area contributed by atoms with Crippen molar-refractivity contribution in [1.29, 1.82) is 0 Å². The van der Waals surface area contributed by atoms with Gasteiger partial charge in [0.25, 0.3) is 0 Å². The van der Waals surface area contributed by atoms with Crippen LogP contribution in [0.1, 0.15) is 31.7 Å². The summed E-state index contributed by atoms with van der Waals surface area (Å²) in [5.41, 5.74) is 7.47. The maximum atomic E-state index is 6.10. The Balaban J connectivity index is 2.31. The number of hydrogen-bond donors (Lipinski definition) is 1. The second kappa shape index (κ2) is 5.38. The van der Waals surface area contributed by atoms with Crippen LogP contribution in [0, 0.1) is 0 Å². The van der Waals surface area contributed by atoms with Gasteiger partial charge in [0.1, 0.15) is 0 Å². The average Bonchev–Trinajstić information content (AvgIpc) is 2.29. The van der Waals surface area contributed by atoms with Gasteiger partial charge in [-0.1, -0.05) is 23.7 Å². The van der Waals surface area contributed by atoms with Gasteiger partial charge < -0.3 is 10.5 Å². The highest BCUT2D eigenvalue weighted by Gasteiger charge is 2.35. The van der Waals surface area contributed by atoms with Crippen molar-refractivity contribution in [1.82, 2.24) is 0 Å². The molecule has 0 aromatic heterocycles. The predicted molar refractivity (Wildman–Crippen MR) is 71.4 cm³/mol. The number of rotatable bonds is 3. The quantitative estimate of drug-likeness (QED) is 0.898. The first-order chi connectivity index (χ1) is 8.12. The van der Waals surface area contributed by atoms with Crippen LogP contribution in [0.5, 0.6) is 0 Å². The number of hydrogen-bond acceptors (Lipinski definition) is 2. The first-order valence-electron chi connectivity index (χ1n) is 6.22. The SMILES string of the molecule is CC(N)CC1(c2cccc(Cl)c2)CCOCC1. The van der Waals surface area contributed by atoms with Crippen LogP contribution in [0.3, 0.4) is 0 Å². The molecule has 1 aliphatic rings. The number of nitrogens with two attached hydrogens (primary N) is 1. The van der Waals surface area contributed by atoms with Crippen LogP contribution < -0.4 is 5.73 Å². The fraction of sp³-hybridized carbons (Fsp3) is 0.571. The summed E-state index contributed by atoms with van der Waals surface area (Å²) >= 11 is 6.10. The summed E-state index contributed by atoms with van der Waals surface area (Å²) in [6, 6.07) is 8.39. The van der Waals surface area contributed by atoms with E-state index in [1.807, 2.05) is 12.1 Å². The van der Waals surface area contributed by atoms with Gasteiger partial charge in [-0.15, -0.1) is 0 Å². The minimum Gasteiger partial charge on any atom is -0.381 e. The monoisotopic (exact) mass is 253 g/mol. The van der Waals surface area contributed by atoms with Crippen LogP contribution in [0.4, 0.5) is 0 Å². The van der Waals surface area contributed by atoms with E-state index in [2.05, 4.69) is 19.1 Å². The molecule has 0 bridgehead atoms. The van der Waals surface area contributed by atoms with E-state index in [1.165, 1.54) is 5.56 Å². The van der Waals surface area contributed by atoms with E-state index in [-0.39, 0.29) is 11.5 Å². The molecule has 17 heavy (non-hydrogen) atoms. The van der Waals surface area contributed by atoms with Crippen molar-refractivity contribution >= 4 is 11.6 Å². The average molecular weight is 254 g/mol. The summed E-state index contributed by atoms with van der Waals surface area (Å²) in [5, 5.41) is 0.804. The van der Waals surface area contributed by atoms with E-state index in [0.29, 0.717) is 0 Å². The van der Waals surface area contributed by atoms with Crippen molar-refractivity contribution in [2.45, 2.75) is 37.6 Å². The zero-order valence-electron chi connectivity index (χ0n) is 10.3. The molecule has 2 N–H and O–H groups in total. The predicted octanol–water partition coefficient (Wildman–Crippen LogP) is 3.13. The fourth-order valence-electron chi connectivity index (χ4n) is 2.81. The van der Waals surface area contributed by atoms with Gasteiger partial charge in [-0.25, -0.2) is 0 Å². The number of benzene rings is 1. The summed E-state index contributed by atoms with van der Waals surface area (Å²) in [4.78, 5) is 0. The van der Waals surface area contributed by atoms with E-state index in [9.17, 15) is 0 Å². The number of ether oxygens (including phenoxy) is 1. The molecule has 2 rings (SSSR count). The maximum Gasteiger partial charge on any atom is 0.0474 e. The molecule has 2 nitrogen and oxygen atoms in total. The van der Waals surface area contributed by atoms with E-state index >= 15 is 0 Å². The first kappa shape index (κ1) is 12.9. The smallest absolute Gasteiger partial charge is 0.0474 e. The van der Waals surface area contributed by atoms with Gasteiger partial charge in [0.2, 0.25) is 0 Å². The van der Waals surface area contributed by atoms with Crippen molar-refractivity contribution in [3.05, 3.63) is 34.9 Å². The Bertz CT molecular complexity index is 372. The van der Waals surface area contributed by atoms with Crippen LogP contribution >= 0.6 is 11.6 Å². The molecule has 0 spiro atoms. The lowest BCUT2D eigenvalue weighted by atomic mass is 9.70. The van der Waals surface area contributed by atoms with E-state index in [1.54, 1.807) is 0 Å². The topological polar surface area (TPSA) is 35.2 Å². The van der Waals surface area contributed by atoms with Gasteiger partial charge in [0.15, 0.2) is 0 Å². The number of halogens is 1. The molecule has 3 heteroatoms. The van der Waals surface area contributed by atoms with E-state index < -0.39 is 0 Å². The van der Waals surface area contributed by atoms with Gasteiger partial charge in [-0.3, -0.25) is 0 Å².